The van der Waals surface area contributed by atoms with E-state index in [0.29, 0.717) is 9.78 Å². The molecule has 0 fully saturated rings. The Hall–Kier alpha value is -1.65. The normalized spacial score (nSPS) is 13.7. The van der Waals surface area contributed by atoms with Crippen LogP contribution in [0.1, 0.15) is 44.2 Å². The van der Waals surface area contributed by atoms with Crippen LogP contribution in [0.25, 0.3) is 0 Å². The van der Waals surface area contributed by atoms with E-state index in [1.54, 1.807) is 33.8 Å². The van der Waals surface area contributed by atoms with E-state index in [0.717, 1.165) is 11.3 Å². The van der Waals surface area contributed by atoms with Crippen molar-refractivity contribution < 1.29 is 18.5 Å². The molecule has 0 saturated carbocycles. The Labute approximate surface area is 175 Å². The second-order valence-electron chi connectivity index (χ2n) is 6.88. The molecule has 2 aromatic rings. The van der Waals surface area contributed by atoms with Gasteiger partial charge < -0.3 is 9.29 Å². The fourth-order valence-corrected chi connectivity index (χ4v) is 3.86. The zero-order valence-electron chi connectivity index (χ0n) is 15.8. The number of carbonyl (C=O) groups is 1. The molecular formula is C18H21ClFN3O3S2. The smallest absolute Gasteiger partial charge is 0.413 e. The molecule has 0 spiro atoms. The van der Waals surface area contributed by atoms with Crippen molar-refractivity contribution in [3.8, 4) is 0 Å². The lowest BCUT2D eigenvalue weighted by Gasteiger charge is -2.20. The summed E-state index contributed by atoms with van der Waals surface area (Å²) in [5.41, 5.74) is -0.412. The molecule has 2 atom stereocenters. The second-order valence-corrected chi connectivity index (χ2v) is 9.85. The van der Waals surface area contributed by atoms with Gasteiger partial charge in [0.25, 0.3) is 0 Å². The molecule has 28 heavy (non-hydrogen) atoms. The van der Waals surface area contributed by atoms with E-state index < -0.39 is 34.9 Å². The molecule has 2 unspecified atom stereocenters. The van der Waals surface area contributed by atoms with Crippen molar-refractivity contribution in [3.05, 3.63) is 57.2 Å². The topological polar surface area (TPSA) is 86.3 Å². The lowest BCUT2D eigenvalue weighted by atomic mass is 10.1. The number of amides is 1. The van der Waals surface area contributed by atoms with Gasteiger partial charge in [-0.1, -0.05) is 29.0 Å². The Morgan fingerprint density at radius 2 is 2.14 bits per heavy atom. The quantitative estimate of drug-likeness (QED) is 0.600. The van der Waals surface area contributed by atoms with Crippen molar-refractivity contribution >= 4 is 45.5 Å². The van der Waals surface area contributed by atoms with Gasteiger partial charge in [-0.2, -0.15) is 0 Å². The Morgan fingerprint density at radius 3 is 2.71 bits per heavy atom. The molecule has 0 radical (unpaired) electrons. The second kappa shape index (κ2) is 9.23. The fourth-order valence-electron chi connectivity index (χ4n) is 2.09. The van der Waals surface area contributed by atoms with Crippen LogP contribution in [-0.4, -0.2) is 21.2 Å². The monoisotopic (exact) mass is 445 g/mol. The predicted molar refractivity (Wildman–Crippen MR) is 111 cm³/mol. The number of hydrogen-bond donors (Lipinski definition) is 2. The van der Waals surface area contributed by atoms with Crippen LogP contribution < -0.4 is 10.0 Å². The van der Waals surface area contributed by atoms with Crippen LogP contribution in [0.15, 0.2) is 35.9 Å². The number of nitrogens with one attached hydrogen (secondary N) is 2. The molecule has 1 aromatic heterocycles. The highest BCUT2D eigenvalue weighted by Crippen LogP contribution is 2.33. The van der Waals surface area contributed by atoms with Crippen molar-refractivity contribution in [1.29, 1.82) is 0 Å². The summed E-state index contributed by atoms with van der Waals surface area (Å²) in [6, 6.07) is 3.45. The first kappa shape index (κ1) is 22.6. The van der Waals surface area contributed by atoms with Crippen LogP contribution in [0.5, 0.6) is 0 Å². The minimum absolute atomic E-state index is 0.242. The molecule has 1 aromatic carbocycles. The summed E-state index contributed by atoms with van der Waals surface area (Å²) in [6.45, 7) is 10.5. The molecule has 1 amide bonds. The Morgan fingerprint density at radius 1 is 1.46 bits per heavy atom. The highest BCUT2D eigenvalue weighted by atomic mass is 35.5. The van der Waals surface area contributed by atoms with Crippen molar-refractivity contribution in [2.24, 2.45) is 0 Å². The van der Waals surface area contributed by atoms with E-state index in [9.17, 15) is 13.7 Å². The zero-order valence-corrected chi connectivity index (χ0v) is 18.2. The highest BCUT2D eigenvalue weighted by Gasteiger charge is 2.27. The van der Waals surface area contributed by atoms with Crippen LogP contribution in [0.2, 0.25) is 5.02 Å². The largest absolute Gasteiger partial charge is 0.593 e. The van der Waals surface area contributed by atoms with Gasteiger partial charge >= 0.3 is 6.09 Å². The molecule has 6 nitrogen and oxygen atoms in total. The minimum Gasteiger partial charge on any atom is -0.593 e. The minimum atomic E-state index is -1.61. The summed E-state index contributed by atoms with van der Waals surface area (Å²) >= 11 is 5.33. The number of benzene rings is 1. The summed E-state index contributed by atoms with van der Waals surface area (Å²) in [5.74, 6) is -0.557. The summed E-state index contributed by atoms with van der Waals surface area (Å²) in [7, 11) is 0. The maximum Gasteiger partial charge on any atom is 0.413 e. The predicted octanol–water partition coefficient (Wildman–Crippen LogP) is 5.16. The number of aromatic nitrogens is 1. The average molecular weight is 446 g/mol. The van der Waals surface area contributed by atoms with E-state index >= 15 is 0 Å². The number of hydrogen-bond acceptors (Lipinski definition) is 6. The molecule has 2 rings (SSSR count). The molecule has 0 aliphatic rings. The highest BCUT2D eigenvalue weighted by molar-refractivity contribution is 7.93. The van der Waals surface area contributed by atoms with Crippen molar-refractivity contribution in [3.63, 3.8) is 0 Å². The van der Waals surface area contributed by atoms with Crippen molar-refractivity contribution in [2.75, 3.05) is 5.32 Å². The van der Waals surface area contributed by atoms with Crippen LogP contribution in [0, 0.1) is 5.82 Å². The van der Waals surface area contributed by atoms with Gasteiger partial charge in [0.1, 0.15) is 22.4 Å². The standard InChI is InChI=1S/C18H21ClFN3O3S2/c1-10(2)28(25)23-15(12-7-6-11(19)8-13(12)20)14-9-21-16(27-14)22-17(24)26-18(3,4)5/h6-9,15,23H,1H2,2-5H3,(H,21,22,24). The Balaban J connectivity index is 2.30. The maximum atomic E-state index is 14.5. The van der Waals surface area contributed by atoms with E-state index in [1.165, 1.54) is 18.3 Å². The van der Waals surface area contributed by atoms with Gasteiger partial charge in [0, 0.05) is 23.7 Å². The molecule has 152 valence electrons. The summed E-state index contributed by atoms with van der Waals surface area (Å²) in [6.07, 6.45) is 0.819. The summed E-state index contributed by atoms with van der Waals surface area (Å²) < 4.78 is 34.8. The Kier molecular flexibility index (Phi) is 7.46. The third-order valence-electron chi connectivity index (χ3n) is 3.23. The van der Waals surface area contributed by atoms with Crippen molar-refractivity contribution in [1.82, 2.24) is 9.71 Å². The SMILES string of the molecule is C=C(C)[S+]([O-])NC(c1cnc(NC(=O)OC(C)(C)C)s1)c1ccc(Cl)cc1F. The summed E-state index contributed by atoms with van der Waals surface area (Å²) in [4.78, 5) is 17.0. The molecule has 1 heterocycles. The van der Waals surface area contributed by atoms with Gasteiger partial charge in [0.15, 0.2) is 5.13 Å². The number of anilines is 1. The van der Waals surface area contributed by atoms with Crippen LogP contribution in [0.4, 0.5) is 14.3 Å². The van der Waals surface area contributed by atoms with Crippen molar-refractivity contribution in [2.45, 2.75) is 39.3 Å². The molecule has 0 aliphatic carbocycles. The van der Waals surface area contributed by atoms with Crippen LogP contribution in [-0.2, 0) is 16.1 Å². The molecule has 0 saturated heterocycles. The lowest BCUT2D eigenvalue weighted by Crippen LogP contribution is -2.29. The molecule has 0 bridgehead atoms. The molecule has 0 aliphatic heterocycles. The number of thiazole rings is 1. The van der Waals surface area contributed by atoms with Gasteiger partial charge in [-0.05, 0) is 39.5 Å². The van der Waals surface area contributed by atoms with Gasteiger partial charge in [0.05, 0.1) is 16.2 Å². The number of rotatable bonds is 6. The van der Waals surface area contributed by atoms with Gasteiger partial charge in [-0.3, -0.25) is 5.32 Å². The Bertz CT molecular complexity index is 870. The van der Waals surface area contributed by atoms with E-state index in [-0.39, 0.29) is 15.7 Å². The molecule has 2 N–H and O–H groups in total. The third kappa shape index (κ3) is 6.46. The zero-order chi connectivity index (χ0) is 21.1. The van der Waals surface area contributed by atoms with Crippen LogP contribution >= 0.6 is 22.9 Å². The number of carbonyl (C=O) groups excluding carboxylic acids is 1. The van der Waals surface area contributed by atoms with E-state index in [2.05, 4.69) is 21.6 Å². The number of allylic oxidation sites excluding steroid dienone is 1. The maximum absolute atomic E-state index is 14.5. The molecular weight excluding hydrogens is 425 g/mol. The molecule has 10 heteroatoms. The third-order valence-corrected chi connectivity index (χ3v) is 5.53. The lowest BCUT2D eigenvalue weighted by molar-refractivity contribution is 0.0636. The number of halogens is 2. The number of ether oxygens (including phenoxy) is 1. The van der Waals surface area contributed by atoms with Crippen LogP contribution in [0.3, 0.4) is 0 Å². The summed E-state index contributed by atoms with van der Waals surface area (Å²) in [5, 5.41) is 3.05. The van der Waals surface area contributed by atoms with Gasteiger partial charge in [0.2, 0.25) is 0 Å². The first-order valence-electron chi connectivity index (χ1n) is 8.20. The van der Waals surface area contributed by atoms with E-state index in [1.807, 2.05) is 0 Å². The van der Waals surface area contributed by atoms with Gasteiger partial charge in [-0.25, -0.2) is 14.2 Å². The first-order chi connectivity index (χ1) is 13.0. The van der Waals surface area contributed by atoms with Gasteiger partial charge in [-0.15, -0.1) is 4.72 Å². The number of nitrogens with zero attached hydrogens (tertiary/aromatic N) is 1. The average Bonchev–Trinajstić information content (AvgIpc) is 2.99. The van der Waals surface area contributed by atoms with E-state index in [4.69, 9.17) is 16.3 Å². The first-order valence-corrected chi connectivity index (χ1v) is 10.5. The fraction of sp³-hybridized carbons (Fsp3) is 0.333.